The molecule has 0 N–H and O–H groups in total. The Morgan fingerprint density at radius 2 is 1.12 bits per heavy atom. The molecule has 0 aromatic rings. The van der Waals surface area contributed by atoms with E-state index < -0.39 is 0 Å². The maximum absolute atomic E-state index is 2.39. The summed E-state index contributed by atoms with van der Waals surface area (Å²) in [6.07, 6.45) is 7.02. The zero-order chi connectivity index (χ0) is 12.8. The lowest BCUT2D eigenvalue weighted by molar-refractivity contribution is 0.514. The Morgan fingerprint density at radius 3 is 1.35 bits per heavy atom. The molecule has 0 saturated heterocycles. The molecule has 2 aliphatic rings. The largest absolute Gasteiger partial charge is 0.0772 e. The van der Waals surface area contributed by atoms with Crippen LogP contribution in [0.4, 0.5) is 0 Å². The second-order valence-electron chi connectivity index (χ2n) is 6.01. The van der Waals surface area contributed by atoms with Crippen LogP contribution >= 0.6 is 0 Å². The van der Waals surface area contributed by atoms with E-state index in [-0.39, 0.29) is 5.41 Å². The smallest absolute Gasteiger partial charge is 0.00818 e. The first-order valence-corrected chi connectivity index (χ1v) is 6.60. The summed E-state index contributed by atoms with van der Waals surface area (Å²) in [6.45, 7) is 13.8. The summed E-state index contributed by atoms with van der Waals surface area (Å²) in [5.41, 5.74) is 9.42. The van der Waals surface area contributed by atoms with Crippen LogP contribution in [0, 0.1) is 5.41 Å². The third kappa shape index (κ3) is 1.84. The third-order valence-corrected chi connectivity index (χ3v) is 4.82. The lowest BCUT2D eigenvalue weighted by Crippen LogP contribution is -2.18. The highest BCUT2D eigenvalue weighted by Crippen LogP contribution is 2.48. The van der Waals surface area contributed by atoms with Crippen molar-refractivity contribution in [3.05, 3.63) is 45.6 Å². The molecule has 0 saturated carbocycles. The van der Waals surface area contributed by atoms with Gasteiger partial charge >= 0.3 is 0 Å². The van der Waals surface area contributed by atoms with Crippen molar-refractivity contribution in [2.75, 3.05) is 0 Å². The maximum atomic E-state index is 2.39. The minimum atomic E-state index is 0.219. The molecule has 0 spiro atoms. The van der Waals surface area contributed by atoms with Crippen LogP contribution in [0.3, 0.4) is 0 Å². The fraction of sp³-hybridized carbons (Fsp3) is 0.529. The fourth-order valence-electron chi connectivity index (χ4n) is 3.23. The van der Waals surface area contributed by atoms with Gasteiger partial charge in [0.05, 0.1) is 0 Å². The fourth-order valence-corrected chi connectivity index (χ4v) is 3.23. The molecule has 0 aromatic carbocycles. The van der Waals surface area contributed by atoms with Crippen LogP contribution in [0.2, 0.25) is 0 Å². The van der Waals surface area contributed by atoms with Gasteiger partial charge in [0.15, 0.2) is 0 Å². The van der Waals surface area contributed by atoms with Crippen molar-refractivity contribution in [3.63, 3.8) is 0 Å². The van der Waals surface area contributed by atoms with Crippen molar-refractivity contribution in [2.24, 2.45) is 5.41 Å². The Bertz CT molecular complexity index is 432. The molecule has 0 fully saturated rings. The summed E-state index contributed by atoms with van der Waals surface area (Å²) in [5, 5.41) is 0. The normalized spacial score (nSPS) is 21.3. The maximum Gasteiger partial charge on any atom is 0.00818 e. The van der Waals surface area contributed by atoms with Gasteiger partial charge in [-0.05, 0) is 51.7 Å². The lowest BCUT2D eigenvalue weighted by Gasteiger charge is -2.31. The van der Waals surface area contributed by atoms with E-state index in [0.717, 1.165) is 12.8 Å². The van der Waals surface area contributed by atoms with Gasteiger partial charge in [0.25, 0.3) is 0 Å². The van der Waals surface area contributed by atoms with E-state index in [4.69, 9.17) is 0 Å². The van der Waals surface area contributed by atoms with Crippen LogP contribution in [0.15, 0.2) is 45.6 Å². The van der Waals surface area contributed by atoms with Crippen molar-refractivity contribution < 1.29 is 0 Å². The predicted molar refractivity (Wildman–Crippen MR) is 75.9 cm³/mol. The Hall–Kier alpha value is -1.04. The molecule has 2 rings (SSSR count). The molecule has 0 atom stereocenters. The molecule has 0 heteroatoms. The Labute approximate surface area is 106 Å². The van der Waals surface area contributed by atoms with Gasteiger partial charge in [0, 0.05) is 5.41 Å². The summed E-state index contributed by atoms with van der Waals surface area (Å²) >= 11 is 0. The van der Waals surface area contributed by atoms with Crippen molar-refractivity contribution >= 4 is 0 Å². The molecule has 92 valence electrons. The number of rotatable bonds is 2. The Balaban J connectivity index is 2.41. The van der Waals surface area contributed by atoms with Crippen molar-refractivity contribution in [2.45, 2.75) is 54.4 Å². The van der Waals surface area contributed by atoms with Crippen LogP contribution in [0.5, 0.6) is 0 Å². The minimum absolute atomic E-state index is 0.219. The summed E-state index contributed by atoms with van der Waals surface area (Å²) in [6, 6.07) is 0. The summed E-state index contributed by atoms with van der Waals surface area (Å²) < 4.78 is 0. The third-order valence-electron chi connectivity index (χ3n) is 4.82. The molecule has 0 heterocycles. The molecular weight excluding hydrogens is 204 g/mol. The van der Waals surface area contributed by atoms with Gasteiger partial charge in [-0.2, -0.15) is 0 Å². The number of hydrogen-bond acceptors (Lipinski definition) is 0. The molecular formula is C17H24. The summed E-state index contributed by atoms with van der Waals surface area (Å²) in [4.78, 5) is 0. The zero-order valence-corrected chi connectivity index (χ0v) is 12.1. The minimum Gasteiger partial charge on any atom is -0.0772 e. The molecule has 0 aliphatic heterocycles. The van der Waals surface area contributed by atoms with E-state index in [9.17, 15) is 0 Å². The van der Waals surface area contributed by atoms with Crippen LogP contribution in [0.1, 0.15) is 54.4 Å². The first kappa shape index (κ1) is 12.4. The van der Waals surface area contributed by atoms with Gasteiger partial charge in [0.2, 0.25) is 0 Å². The molecule has 0 nitrogen and oxygen atoms in total. The molecule has 0 amide bonds. The van der Waals surface area contributed by atoms with Crippen molar-refractivity contribution in [1.29, 1.82) is 0 Å². The van der Waals surface area contributed by atoms with Crippen LogP contribution in [-0.2, 0) is 0 Å². The van der Waals surface area contributed by atoms with E-state index in [0.29, 0.717) is 0 Å². The first-order valence-electron chi connectivity index (χ1n) is 6.60. The SMILES string of the molecule is CC1=CCC(C(C)(C)C2=C(C)C(C)=CC2)=C1C. The second-order valence-corrected chi connectivity index (χ2v) is 6.01. The highest BCUT2D eigenvalue weighted by atomic mass is 14.4. The molecule has 0 unspecified atom stereocenters. The summed E-state index contributed by atoms with van der Waals surface area (Å²) in [5.74, 6) is 0. The molecule has 0 aromatic heterocycles. The van der Waals surface area contributed by atoms with Crippen LogP contribution < -0.4 is 0 Å². The van der Waals surface area contributed by atoms with Gasteiger partial charge in [-0.3, -0.25) is 0 Å². The molecule has 2 aliphatic carbocycles. The number of allylic oxidation sites excluding steroid dienone is 8. The zero-order valence-electron chi connectivity index (χ0n) is 12.1. The Kier molecular flexibility index (Phi) is 2.93. The first-order chi connectivity index (χ1) is 7.85. The molecule has 17 heavy (non-hydrogen) atoms. The predicted octanol–water partition coefficient (Wildman–Crippen LogP) is 5.35. The average Bonchev–Trinajstić information content (AvgIpc) is 2.75. The molecule has 0 bridgehead atoms. The van der Waals surface area contributed by atoms with Crippen LogP contribution in [-0.4, -0.2) is 0 Å². The van der Waals surface area contributed by atoms with Gasteiger partial charge in [0.1, 0.15) is 0 Å². The van der Waals surface area contributed by atoms with Gasteiger partial charge in [-0.15, -0.1) is 0 Å². The van der Waals surface area contributed by atoms with Crippen molar-refractivity contribution in [3.8, 4) is 0 Å². The second kappa shape index (κ2) is 4.01. The highest BCUT2D eigenvalue weighted by Gasteiger charge is 2.33. The topological polar surface area (TPSA) is 0 Å². The van der Waals surface area contributed by atoms with E-state index in [1.54, 1.807) is 11.1 Å². The van der Waals surface area contributed by atoms with E-state index in [1.807, 2.05) is 0 Å². The standard InChI is InChI=1S/C17H24/c1-11-7-9-15(13(11)3)17(5,6)16-10-8-12(2)14(16)4/h7-8H,9-10H2,1-6H3. The summed E-state index contributed by atoms with van der Waals surface area (Å²) in [7, 11) is 0. The highest BCUT2D eigenvalue weighted by molar-refractivity contribution is 5.51. The van der Waals surface area contributed by atoms with Gasteiger partial charge < -0.3 is 0 Å². The average molecular weight is 228 g/mol. The monoisotopic (exact) mass is 228 g/mol. The lowest BCUT2D eigenvalue weighted by atomic mass is 9.73. The van der Waals surface area contributed by atoms with E-state index >= 15 is 0 Å². The van der Waals surface area contributed by atoms with E-state index in [2.05, 4.69) is 53.7 Å². The molecule has 0 radical (unpaired) electrons. The van der Waals surface area contributed by atoms with Crippen LogP contribution in [0.25, 0.3) is 0 Å². The Morgan fingerprint density at radius 1 is 0.765 bits per heavy atom. The number of hydrogen-bond donors (Lipinski definition) is 0. The van der Waals surface area contributed by atoms with Gasteiger partial charge in [-0.1, -0.05) is 48.3 Å². The van der Waals surface area contributed by atoms with E-state index in [1.165, 1.54) is 22.3 Å². The quantitative estimate of drug-likeness (QED) is 0.598. The van der Waals surface area contributed by atoms with Gasteiger partial charge in [-0.25, -0.2) is 0 Å². The van der Waals surface area contributed by atoms with Crippen molar-refractivity contribution in [1.82, 2.24) is 0 Å².